The quantitative estimate of drug-likeness (QED) is 0.549. The largest absolute Gasteiger partial charge is 0.352 e. The summed E-state index contributed by atoms with van der Waals surface area (Å²) >= 11 is 0. The van der Waals surface area contributed by atoms with Gasteiger partial charge in [-0.1, -0.05) is 26.0 Å². The van der Waals surface area contributed by atoms with Crippen LogP contribution >= 0.6 is 0 Å². The number of amides is 3. The molecule has 0 saturated heterocycles. The number of carbonyl (C=O) groups excluding carboxylic acids is 2. The highest BCUT2D eigenvalue weighted by molar-refractivity contribution is 5.90. The van der Waals surface area contributed by atoms with E-state index in [1.54, 1.807) is 0 Å². The number of urea groups is 1. The summed E-state index contributed by atoms with van der Waals surface area (Å²) in [6.07, 6.45) is 2.94. The van der Waals surface area contributed by atoms with Gasteiger partial charge in [-0.05, 0) is 57.0 Å². The lowest BCUT2D eigenvalue weighted by Crippen LogP contribution is -2.30. The molecule has 136 valence electrons. The zero-order valence-electron chi connectivity index (χ0n) is 15.3. The maximum atomic E-state index is 11.7. The van der Waals surface area contributed by atoms with Crippen LogP contribution in [0.3, 0.4) is 0 Å². The van der Waals surface area contributed by atoms with Gasteiger partial charge in [0, 0.05) is 18.7 Å². The van der Waals surface area contributed by atoms with Crippen LogP contribution < -0.4 is 21.7 Å². The SMILES string of the molecule is CC(C)Cc1ccc(NC(=O)CCCCNC(N)=O)cc1.CNC. The van der Waals surface area contributed by atoms with Crippen LogP contribution in [0.1, 0.15) is 38.7 Å². The van der Waals surface area contributed by atoms with Gasteiger partial charge in [-0.25, -0.2) is 4.79 Å². The van der Waals surface area contributed by atoms with Crippen LogP contribution in [0.25, 0.3) is 0 Å². The Kier molecular flexibility index (Phi) is 12.2. The van der Waals surface area contributed by atoms with Crippen molar-refractivity contribution in [2.75, 3.05) is 26.0 Å². The van der Waals surface area contributed by atoms with E-state index < -0.39 is 6.03 Å². The molecular weight excluding hydrogens is 304 g/mol. The third kappa shape index (κ3) is 12.5. The van der Waals surface area contributed by atoms with Gasteiger partial charge >= 0.3 is 6.03 Å². The average molecular weight is 336 g/mol. The molecule has 5 N–H and O–H groups in total. The van der Waals surface area contributed by atoms with Crippen molar-refractivity contribution >= 4 is 17.6 Å². The number of hydrogen-bond donors (Lipinski definition) is 4. The molecule has 1 aromatic rings. The molecular formula is C18H32N4O2. The fourth-order valence-electron chi connectivity index (χ4n) is 2.04. The number of nitrogens with one attached hydrogen (secondary N) is 3. The van der Waals surface area contributed by atoms with Gasteiger partial charge in [-0.2, -0.15) is 0 Å². The molecule has 0 aliphatic rings. The van der Waals surface area contributed by atoms with E-state index in [2.05, 4.69) is 29.8 Å². The van der Waals surface area contributed by atoms with E-state index in [1.807, 2.05) is 38.4 Å². The van der Waals surface area contributed by atoms with Gasteiger partial charge in [-0.3, -0.25) is 4.79 Å². The molecule has 0 radical (unpaired) electrons. The average Bonchev–Trinajstić information content (AvgIpc) is 2.49. The minimum atomic E-state index is -0.527. The second kappa shape index (κ2) is 13.4. The molecule has 0 bridgehead atoms. The van der Waals surface area contributed by atoms with Crippen LogP contribution in [-0.2, 0) is 11.2 Å². The number of primary amides is 1. The van der Waals surface area contributed by atoms with Gasteiger partial charge in [0.1, 0.15) is 0 Å². The Balaban J connectivity index is 0.00000163. The molecule has 0 saturated carbocycles. The second-order valence-corrected chi connectivity index (χ2v) is 6.09. The van der Waals surface area contributed by atoms with E-state index in [0.717, 1.165) is 24.9 Å². The summed E-state index contributed by atoms with van der Waals surface area (Å²) in [4.78, 5) is 22.2. The number of hydrogen-bond acceptors (Lipinski definition) is 3. The standard InChI is InChI=1S/C16H25N3O2.C2H7N/c1-12(2)11-13-6-8-14(9-7-13)19-15(20)5-3-4-10-18-16(17)21;1-3-2/h6-9,12H,3-5,10-11H2,1-2H3,(H,19,20)(H3,17,18,21);3H,1-2H3. The van der Waals surface area contributed by atoms with Gasteiger partial charge in [0.15, 0.2) is 0 Å². The summed E-state index contributed by atoms with van der Waals surface area (Å²) in [5.41, 5.74) is 7.05. The number of unbranched alkanes of at least 4 members (excludes halogenated alkanes) is 1. The Bertz CT molecular complexity index is 472. The molecule has 24 heavy (non-hydrogen) atoms. The fourth-order valence-corrected chi connectivity index (χ4v) is 2.04. The molecule has 6 heteroatoms. The van der Waals surface area contributed by atoms with Gasteiger partial charge in [0.05, 0.1) is 0 Å². The van der Waals surface area contributed by atoms with Crippen molar-refractivity contribution in [3.63, 3.8) is 0 Å². The third-order valence-corrected chi connectivity index (χ3v) is 3.01. The lowest BCUT2D eigenvalue weighted by atomic mass is 10.0. The molecule has 0 spiro atoms. The normalized spacial score (nSPS) is 9.88. The Hall–Kier alpha value is -2.08. The third-order valence-electron chi connectivity index (χ3n) is 3.01. The molecule has 0 atom stereocenters. The van der Waals surface area contributed by atoms with Crippen LogP contribution in [0.2, 0.25) is 0 Å². The summed E-state index contributed by atoms with van der Waals surface area (Å²) in [5.74, 6) is 0.616. The van der Waals surface area contributed by atoms with Crippen molar-refractivity contribution in [2.24, 2.45) is 11.7 Å². The first-order chi connectivity index (χ1) is 11.4. The lowest BCUT2D eigenvalue weighted by molar-refractivity contribution is -0.116. The van der Waals surface area contributed by atoms with Crippen molar-refractivity contribution in [3.05, 3.63) is 29.8 Å². The van der Waals surface area contributed by atoms with Crippen molar-refractivity contribution in [2.45, 2.75) is 39.5 Å². The van der Waals surface area contributed by atoms with Crippen molar-refractivity contribution in [3.8, 4) is 0 Å². The maximum Gasteiger partial charge on any atom is 0.312 e. The molecule has 0 aromatic heterocycles. The van der Waals surface area contributed by atoms with Gasteiger partial charge in [-0.15, -0.1) is 0 Å². The fraction of sp³-hybridized carbons (Fsp3) is 0.556. The maximum absolute atomic E-state index is 11.7. The monoisotopic (exact) mass is 336 g/mol. The minimum Gasteiger partial charge on any atom is -0.352 e. The molecule has 0 unspecified atom stereocenters. The molecule has 1 rings (SSSR count). The number of benzene rings is 1. The number of carbonyl (C=O) groups is 2. The Morgan fingerprint density at radius 3 is 2.17 bits per heavy atom. The molecule has 3 amide bonds. The van der Waals surface area contributed by atoms with Crippen LogP contribution in [0.5, 0.6) is 0 Å². The van der Waals surface area contributed by atoms with Crippen molar-refractivity contribution < 1.29 is 9.59 Å². The van der Waals surface area contributed by atoms with Crippen LogP contribution in [0, 0.1) is 5.92 Å². The van der Waals surface area contributed by atoms with E-state index in [9.17, 15) is 9.59 Å². The first kappa shape index (κ1) is 21.9. The van der Waals surface area contributed by atoms with E-state index in [0.29, 0.717) is 18.9 Å². The van der Waals surface area contributed by atoms with Gasteiger partial charge < -0.3 is 21.7 Å². The van der Waals surface area contributed by atoms with Crippen molar-refractivity contribution in [1.82, 2.24) is 10.6 Å². The van der Waals surface area contributed by atoms with E-state index in [-0.39, 0.29) is 5.91 Å². The minimum absolute atomic E-state index is 0.00863. The summed E-state index contributed by atoms with van der Waals surface area (Å²) in [6, 6.07) is 7.44. The molecule has 0 aliphatic heterocycles. The van der Waals surface area contributed by atoms with Gasteiger partial charge in [0.25, 0.3) is 0 Å². The molecule has 0 aliphatic carbocycles. The summed E-state index contributed by atoms with van der Waals surface area (Å²) in [6.45, 7) is 4.87. The van der Waals surface area contributed by atoms with Crippen LogP contribution in [0.4, 0.5) is 10.5 Å². The van der Waals surface area contributed by atoms with Crippen molar-refractivity contribution in [1.29, 1.82) is 0 Å². The van der Waals surface area contributed by atoms with Crippen LogP contribution in [0.15, 0.2) is 24.3 Å². The summed E-state index contributed by atoms with van der Waals surface area (Å²) in [5, 5.41) is 8.12. The number of anilines is 1. The molecule has 0 fully saturated rings. The Morgan fingerprint density at radius 1 is 1.08 bits per heavy atom. The highest BCUT2D eigenvalue weighted by Crippen LogP contribution is 2.13. The highest BCUT2D eigenvalue weighted by atomic mass is 16.2. The van der Waals surface area contributed by atoms with E-state index in [4.69, 9.17) is 5.73 Å². The summed E-state index contributed by atoms with van der Waals surface area (Å²) < 4.78 is 0. The topological polar surface area (TPSA) is 96.2 Å². The first-order valence-corrected chi connectivity index (χ1v) is 8.39. The van der Waals surface area contributed by atoms with Crippen LogP contribution in [-0.4, -0.2) is 32.6 Å². The zero-order chi connectivity index (χ0) is 18.4. The predicted octanol–water partition coefficient (Wildman–Crippen LogP) is 2.50. The Morgan fingerprint density at radius 2 is 1.67 bits per heavy atom. The molecule has 6 nitrogen and oxygen atoms in total. The smallest absolute Gasteiger partial charge is 0.312 e. The summed E-state index contributed by atoms with van der Waals surface area (Å²) in [7, 11) is 3.75. The van der Waals surface area contributed by atoms with E-state index >= 15 is 0 Å². The van der Waals surface area contributed by atoms with E-state index in [1.165, 1.54) is 5.56 Å². The lowest BCUT2D eigenvalue weighted by Gasteiger charge is -2.08. The Labute approximate surface area is 145 Å². The second-order valence-electron chi connectivity index (χ2n) is 6.09. The molecule has 1 aromatic carbocycles. The number of rotatable bonds is 8. The predicted molar refractivity (Wildman–Crippen MR) is 100 cm³/mol. The van der Waals surface area contributed by atoms with Gasteiger partial charge in [0.2, 0.25) is 5.91 Å². The zero-order valence-corrected chi connectivity index (χ0v) is 15.3. The highest BCUT2D eigenvalue weighted by Gasteiger charge is 2.03. The first-order valence-electron chi connectivity index (χ1n) is 8.39. The molecule has 0 heterocycles. The number of nitrogens with two attached hydrogens (primary N) is 1.